The summed E-state index contributed by atoms with van der Waals surface area (Å²) in [7, 11) is 1.66. The van der Waals surface area contributed by atoms with Gasteiger partial charge in [-0.3, -0.25) is 9.59 Å². The van der Waals surface area contributed by atoms with Crippen molar-refractivity contribution in [3.05, 3.63) is 29.3 Å². The van der Waals surface area contributed by atoms with Crippen LogP contribution in [0.4, 0.5) is 5.69 Å². The fraction of sp³-hybridized carbons (Fsp3) is 0.529. The smallest absolute Gasteiger partial charge is 0.255 e. The maximum absolute atomic E-state index is 12.7. The first-order valence-corrected chi connectivity index (χ1v) is 7.58. The molecule has 120 valence electrons. The minimum absolute atomic E-state index is 0.0584. The van der Waals surface area contributed by atoms with Crippen LogP contribution in [0.3, 0.4) is 0 Å². The number of amides is 2. The van der Waals surface area contributed by atoms with Crippen LogP contribution in [-0.4, -0.2) is 47.6 Å². The lowest BCUT2D eigenvalue weighted by atomic mass is 10.1. The molecule has 1 heterocycles. The molecule has 0 spiro atoms. The highest BCUT2D eigenvalue weighted by molar-refractivity contribution is 6.05. The highest BCUT2D eigenvalue weighted by atomic mass is 16.3. The molecule has 0 unspecified atom stereocenters. The third kappa shape index (κ3) is 3.65. The summed E-state index contributed by atoms with van der Waals surface area (Å²) in [5.41, 5.74) is 1.19. The molecule has 0 radical (unpaired) electrons. The van der Waals surface area contributed by atoms with E-state index in [9.17, 15) is 14.7 Å². The molecule has 1 aliphatic rings. The van der Waals surface area contributed by atoms with Crippen molar-refractivity contribution in [2.75, 3.05) is 25.0 Å². The van der Waals surface area contributed by atoms with Crippen molar-refractivity contribution in [2.24, 2.45) is 0 Å². The van der Waals surface area contributed by atoms with Gasteiger partial charge in [0, 0.05) is 26.6 Å². The number of nitrogens with zero attached hydrogens (tertiary/aromatic N) is 2. The lowest BCUT2D eigenvalue weighted by Crippen LogP contribution is -2.40. The summed E-state index contributed by atoms with van der Waals surface area (Å²) < 4.78 is 0. The summed E-state index contributed by atoms with van der Waals surface area (Å²) in [6.45, 7) is 6.13. The van der Waals surface area contributed by atoms with E-state index in [1.165, 1.54) is 4.90 Å². The second kappa shape index (κ2) is 6.08. The Kier molecular flexibility index (Phi) is 4.56. The molecular weight excluding hydrogens is 280 g/mol. The summed E-state index contributed by atoms with van der Waals surface area (Å²) in [5.74, 6) is -0.122. The van der Waals surface area contributed by atoms with Crippen LogP contribution in [-0.2, 0) is 4.79 Å². The number of likely N-dealkylation sites (N-methyl/N-ethyl adjacent to an activating group) is 1. The molecule has 0 bridgehead atoms. The Balaban J connectivity index is 2.35. The van der Waals surface area contributed by atoms with Gasteiger partial charge in [-0.15, -0.1) is 0 Å². The number of anilines is 1. The fourth-order valence-corrected chi connectivity index (χ4v) is 2.82. The summed E-state index contributed by atoms with van der Waals surface area (Å²) in [6.07, 6.45) is 1.35. The summed E-state index contributed by atoms with van der Waals surface area (Å²) in [6, 6.07) is 5.56. The van der Waals surface area contributed by atoms with Crippen molar-refractivity contribution < 1.29 is 14.7 Å². The molecular formula is C17H24N2O3. The van der Waals surface area contributed by atoms with Crippen molar-refractivity contribution >= 4 is 17.5 Å². The average molecular weight is 304 g/mol. The molecule has 1 aliphatic heterocycles. The van der Waals surface area contributed by atoms with Crippen LogP contribution in [0.15, 0.2) is 18.2 Å². The zero-order valence-corrected chi connectivity index (χ0v) is 13.7. The van der Waals surface area contributed by atoms with Crippen molar-refractivity contribution in [1.82, 2.24) is 4.90 Å². The van der Waals surface area contributed by atoms with Gasteiger partial charge < -0.3 is 14.9 Å². The highest BCUT2D eigenvalue weighted by Crippen LogP contribution is 2.27. The molecule has 1 aromatic rings. The molecule has 0 atom stereocenters. The van der Waals surface area contributed by atoms with E-state index in [2.05, 4.69) is 0 Å². The Morgan fingerprint density at radius 2 is 2.09 bits per heavy atom. The Hall–Kier alpha value is -1.88. The van der Waals surface area contributed by atoms with Crippen LogP contribution in [0.5, 0.6) is 0 Å². The van der Waals surface area contributed by atoms with E-state index >= 15 is 0 Å². The number of carbonyl (C=O) groups is 2. The van der Waals surface area contributed by atoms with Gasteiger partial charge in [-0.1, -0.05) is 11.6 Å². The van der Waals surface area contributed by atoms with Crippen LogP contribution >= 0.6 is 0 Å². The molecule has 1 aromatic carbocycles. The Labute approximate surface area is 131 Å². The minimum atomic E-state index is -0.960. The first-order chi connectivity index (χ1) is 10.2. The third-order valence-electron chi connectivity index (χ3n) is 3.72. The van der Waals surface area contributed by atoms with Crippen LogP contribution in [0.1, 0.15) is 42.6 Å². The largest absolute Gasteiger partial charge is 0.389 e. The van der Waals surface area contributed by atoms with E-state index in [1.54, 1.807) is 25.8 Å². The Morgan fingerprint density at radius 1 is 1.41 bits per heavy atom. The molecule has 5 nitrogen and oxygen atoms in total. The van der Waals surface area contributed by atoms with Gasteiger partial charge in [0.15, 0.2) is 0 Å². The second-order valence-electron chi connectivity index (χ2n) is 6.64. The zero-order valence-electron chi connectivity index (χ0n) is 13.7. The van der Waals surface area contributed by atoms with E-state index in [-0.39, 0.29) is 18.4 Å². The van der Waals surface area contributed by atoms with Gasteiger partial charge in [0.25, 0.3) is 5.91 Å². The van der Waals surface area contributed by atoms with Gasteiger partial charge >= 0.3 is 0 Å². The first-order valence-electron chi connectivity index (χ1n) is 7.58. The van der Waals surface area contributed by atoms with Crippen LogP contribution in [0.2, 0.25) is 0 Å². The van der Waals surface area contributed by atoms with Gasteiger partial charge in [0.1, 0.15) is 0 Å². The van der Waals surface area contributed by atoms with Crippen LogP contribution < -0.4 is 4.90 Å². The molecule has 0 aromatic heterocycles. The van der Waals surface area contributed by atoms with Gasteiger partial charge in [0.2, 0.25) is 5.91 Å². The summed E-state index contributed by atoms with van der Waals surface area (Å²) in [4.78, 5) is 27.9. The van der Waals surface area contributed by atoms with Crippen molar-refractivity contribution in [2.45, 2.75) is 39.2 Å². The summed E-state index contributed by atoms with van der Waals surface area (Å²) in [5, 5.41) is 9.90. The minimum Gasteiger partial charge on any atom is -0.389 e. The highest BCUT2D eigenvalue weighted by Gasteiger charge is 2.28. The van der Waals surface area contributed by atoms with Gasteiger partial charge in [-0.25, -0.2) is 0 Å². The van der Waals surface area contributed by atoms with Gasteiger partial charge in [-0.05, 0) is 39.3 Å². The van der Waals surface area contributed by atoms with Crippen molar-refractivity contribution in [1.29, 1.82) is 0 Å². The van der Waals surface area contributed by atoms with Crippen molar-refractivity contribution in [3.63, 3.8) is 0 Å². The standard InChI is InChI=1S/C17H24N2O3/c1-12-7-8-14(19-9-5-6-15(19)20)13(10-12)16(21)18(4)11-17(2,3)22/h7-8,10,22H,5-6,9,11H2,1-4H3. The maximum atomic E-state index is 12.7. The molecule has 2 amide bonds. The predicted octanol–water partition coefficient (Wildman–Crippen LogP) is 1.96. The van der Waals surface area contributed by atoms with Crippen LogP contribution in [0, 0.1) is 6.92 Å². The first kappa shape index (κ1) is 16.5. The average Bonchev–Trinajstić information content (AvgIpc) is 2.82. The molecule has 22 heavy (non-hydrogen) atoms. The predicted molar refractivity (Wildman–Crippen MR) is 86.0 cm³/mol. The van der Waals surface area contributed by atoms with E-state index in [0.717, 1.165) is 12.0 Å². The lowest BCUT2D eigenvalue weighted by molar-refractivity contribution is -0.117. The monoisotopic (exact) mass is 304 g/mol. The lowest BCUT2D eigenvalue weighted by Gasteiger charge is -2.27. The quantitative estimate of drug-likeness (QED) is 0.925. The van der Waals surface area contributed by atoms with Gasteiger partial charge in [0.05, 0.1) is 16.9 Å². The second-order valence-corrected chi connectivity index (χ2v) is 6.64. The number of rotatable bonds is 4. The molecule has 0 aliphatic carbocycles. The fourth-order valence-electron chi connectivity index (χ4n) is 2.82. The number of hydrogen-bond donors (Lipinski definition) is 1. The van der Waals surface area contributed by atoms with Crippen molar-refractivity contribution in [3.8, 4) is 0 Å². The number of aryl methyl sites for hydroxylation is 1. The van der Waals surface area contributed by atoms with E-state index in [1.807, 2.05) is 25.1 Å². The Morgan fingerprint density at radius 3 is 2.64 bits per heavy atom. The van der Waals surface area contributed by atoms with Crippen LogP contribution in [0.25, 0.3) is 0 Å². The Bertz CT molecular complexity index is 590. The number of aliphatic hydroxyl groups is 1. The maximum Gasteiger partial charge on any atom is 0.255 e. The molecule has 5 heteroatoms. The van der Waals surface area contributed by atoms with E-state index < -0.39 is 5.60 Å². The molecule has 0 saturated carbocycles. The third-order valence-corrected chi connectivity index (χ3v) is 3.72. The number of hydrogen-bond acceptors (Lipinski definition) is 3. The van der Waals surface area contributed by atoms with E-state index in [4.69, 9.17) is 0 Å². The zero-order chi connectivity index (χ0) is 16.5. The molecule has 1 fully saturated rings. The normalized spacial score (nSPS) is 15.3. The summed E-state index contributed by atoms with van der Waals surface area (Å²) >= 11 is 0. The topological polar surface area (TPSA) is 60.9 Å². The molecule has 1 saturated heterocycles. The molecule has 2 rings (SSSR count). The number of benzene rings is 1. The SMILES string of the molecule is Cc1ccc(N2CCCC2=O)c(C(=O)N(C)CC(C)(C)O)c1. The van der Waals surface area contributed by atoms with E-state index in [0.29, 0.717) is 24.2 Å². The molecule has 1 N–H and O–H groups in total. The number of carbonyl (C=O) groups excluding carboxylic acids is 2. The van der Waals surface area contributed by atoms with Gasteiger partial charge in [-0.2, -0.15) is 0 Å².